The molecule has 0 spiro atoms. The van der Waals surface area contributed by atoms with Crippen molar-refractivity contribution in [1.82, 2.24) is 5.32 Å². The number of Topliss-reactive ketones (excluding diaryl/α,β-unsaturated/α-hetero) is 1. The van der Waals surface area contributed by atoms with Crippen LogP contribution in [0.25, 0.3) is 0 Å². The predicted molar refractivity (Wildman–Crippen MR) is 139 cm³/mol. The van der Waals surface area contributed by atoms with Gasteiger partial charge in [0.25, 0.3) is 0 Å². The molecule has 4 rings (SSSR count). The smallest absolute Gasteiger partial charge is 0.336 e. The lowest BCUT2D eigenvalue weighted by Gasteiger charge is -2.37. The van der Waals surface area contributed by atoms with Crippen molar-refractivity contribution in [2.75, 3.05) is 34.5 Å². The number of dihydropyridines is 1. The van der Waals surface area contributed by atoms with Gasteiger partial charge >= 0.3 is 5.97 Å². The molecule has 2 unspecified atom stereocenters. The lowest BCUT2D eigenvalue weighted by Crippen LogP contribution is -2.36. The van der Waals surface area contributed by atoms with Crippen LogP contribution in [-0.4, -0.2) is 46.3 Å². The van der Waals surface area contributed by atoms with Gasteiger partial charge in [0, 0.05) is 36.4 Å². The van der Waals surface area contributed by atoms with E-state index in [1.54, 1.807) is 33.3 Å². The molecule has 7 nitrogen and oxygen atoms in total. The van der Waals surface area contributed by atoms with Crippen molar-refractivity contribution in [2.45, 2.75) is 31.6 Å². The number of methoxy groups -OCH3 is 3. The van der Waals surface area contributed by atoms with Gasteiger partial charge in [-0.2, -0.15) is 0 Å². The van der Waals surface area contributed by atoms with E-state index in [-0.39, 0.29) is 35.8 Å². The molecule has 1 heterocycles. The molecule has 0 radical (unpaired) electrons. The second kappa shape index (κ2) is 11.5. The van der Waals surface area contributed by atoms with E-state index >= 15 is 0 Å². The first-order chi connectivity index (χ1) is 17.8. The van der Waals surface area contributed by atoms with Gasteiger partial charge in [0.2, 0.25) is 0 Å². The van der Waals surface area contributed by atoms with Crippen molar-refractivity contribution in [1.29, 1.82) is 0 Å². The van der Waals surface area contributed by atoms with E-state index in [0.717, 1.165) is 11.3 Å². The molecule has 2 aromatic carbocycles. The van der Waals surface area contributed by atoms with Crippen LogP contribution in [0.1, 0.15) is 42.7 Å². The molecule has 0 saturated heterocycles. The van der Waals surface area contributed by atoms with Crippen molar-refractivity contribution in [3.63, 3.8) is 0 Å². The minimum absolute atomic E-state index is 0.0766. The third kappa shape index (κ3) is 5.43. The molecular weight excluding hydrogens is 545 g/mol. The summed E-state index contributed by atoms with van der Waals surface area (Å²) in [5.74, 6) is -0.650. The van der Waals surface area contributed by atoms with E-state index < -0.39 is 17.7 Å². The fraction of sp³-hybridized carbons (Fsp3) is 0.357. The fourth-order valence-electron chi connectivity index (χ4n) is 4.97. The minimum Gasteiger partial charge on any atom is -0.493 e. The molecule has 37 heavy (non-hydrogen) atoms. The number of allylic oxidation sites excluding steroid dienone is 3. The number of esters is 1. The average Bonchev–Trinajstić information content (AvgIpc) is 2.88. The second-order valence-electron chi connectivity index (χ2n) is 8.93. The normalized spacial score (nSPS) is 19.4. The number of benzene rings is 2. The minimum atomic E-state index is -0.693. The maximum absolute atomic E-state index is 14.1. The van der Waals surface area contributed by atoms with Crippen molar-refractivity contribution in [3.05, 3.63) is 80.4 Å². The van der Waals surface area contributed by atoms with Crippen LogP contribution in [-0.2, 0) is 19.1 Å². The van der Waals surface area contributed by atoms with Crippen LogP contribution < -0.4 is 14.8 Å². The molecule has 196 valence electrons. The zero-order valence-corrected chi connectivity index (χ0v) is 22.7. The molecule has 0 saturated carbocycles. The van der Waals surface area contributed by atoms with E-state index in [0.29, 0.717) is 40.3 Å². The molecule has 2 aliphatic rings. The Bertz CT molecular complexity index is 1290. The standard InChI is InChI=1S/C28H29BrFNO6/c1-15-25(28(33)37-10-9-34-2)26(17-5-7-20(30)19(29)11-17)27-21(31-15)12-18(13-22(27)32)16-6-8-23(35-3)24(14-16)36-4/h5-8,11,14,18,26,31H,9-10,12-13H2,1-4H3. The number of ketones is 1. The van der Waals surface area contributed by atoms with Gasteiger partial charge in [-0.05, 0) is 70.6 Å². The molecule has 0 fully saturated rings. The van der Waals surface area contributed by atoms with Crippen molar-refractivity contribution in [3.8, 4) is 11.5 Å². The van der Waals surface area contributed by atoms with Gasteiger partial charge in [-0.3, -0.25) is 4.79 Å². The lowest BCUT2D eigenvalue weighted by atomic mass is 9.71. The predicted octanol–water partition coefficient (Wildman–Crippen LogP) is 5.16. The summed E-state index contributed by atoms with van der Waals surface area (Å²) in [5.41, 5.74) is 3.73. The van der Waals surface area contributed by atoms with Crippen LogP contribution in [0.2, 0.25) is 0 Å². The first kappa shape index (κ1) is 26.9. The van der Waals surface area contributed by atoms with Gasteiger partial charge in [0.1, 0.15) is 12.4 Å². The summed E-state index contributed by atoms with van der Waals surface area (Å²) in [6.07, 6.45) is 0.804. The van der Waals surface area contributed by atoms with Crippen LogP contribution in [0.15, 0.2) is 63.4 Å². The van der Waals surface area contributed by atoms with Crippen LogP contribution in [0.4, 0.5) is 4.39 Å². The monoisotopic (exact) mass is 573 g/mol. The van der Waals surface area contributed by atoms with Crippen molar-refractivity contribution < 1.29 is 32.9 Å². The summed E-state index contributed by atoms with van der Waals surface area (Å²) in [6.45, 7) is 2.11. The molecule has 0 bridgehead atoms. The SMILES string of the molecule is COCCOC(=O)C1=C(C)NC2=C(C(=O)CC(c3ccc(OC)c(OC)c3)C2)C1c1ccc(F)c(Br)c1. The van der Waals surface area contributed by atoms with E-state index in [1.807, 2.05) is 18.2 Å². The highest BCUT2D eigenvalue weighted by Crippen LogP contribution is 2.47. The van der Waals surface area contributed by atoms with E-state index in [4.69, 9.17) is 18.9 Å². The van der Waals surface area contributed by atoms with Gasteiger partial charge in [0.05, 0.1) is 30.9 Å². The number of carbonyl (C=O) groups is 2. The average molecular weight is 574 g/mol. The van der Waals surface area contributed by atoms with Crippen LogP contribution in [0.5, 0.6) is 11.5 Å². The number of rotatable bonds is 8. The number of ether oxygens (including phenoxy) is 4. The van der Waals surface area contributed by atoms with Gasteiger partial charge in [0.15, 0.2) is 17.3 Å². The molecule has 1 N–H and O–H groups in total. The Morgan fingerprint density at radius 1 is 1.03 bits per heavy atom. The number of carbonyl (C=O) groups excluding carboxylic acids is 2. The maximum Gasteiger partial charge on any atom is 0.336 e. The summed E-state index contributed by atoms with van der Waals surface area (Å²) >= 11 is 3.24. The molecule has 0 amide bonds. The van der Waals surface area contributed by atoms with Gasteiger partial charge in [-0.25, -0.2) is 9.18 Å². The quantitative estimate of drug-likeness (QED) is 0.345. The third-order valence-corrected chi connectivity index (χ3v) is 7.33. The first-order valence-electron chi connectivity index (χ1n) is 11.9. The highest BCUT2D eigenvalue weighted by molar-refractivity contribution is 9.10. The maximum atomic E-state index is 14.1. The highest BCUT2D eigenvalue weighted by atomic mass is 79.9. The molecule has 2 atom stereocenters. The van der Waals surface area contributed by atoms with E-state index in [9.17, 15) is 14.0 Å². The van der Waals surface area contributed by atoms with E-state index in [2.05, 4.69) is 21.2 Å². The van der Waals surface area contributed by atoms with E-state index in [1.165, 1.54) is 13.2 Å². The summed E-state index contributed by atoms with van der Waals surface area (Å²) in [4.78, 5) is 26.9. The topological polar surface area (TPSA) is 83.1 Å². The van der Waals surface area contributed by atoms with Gasteiger partial charge in [-0.15, -0.1) is 0 Å². The molecular formula is C28H29BrFNO6. The highest BCUT2D eigenvalue weighted by Gasteiger charge is 2.41. The molecule has 1 aliphatic heterocycles. The summed E-state index contributed by atoms with van der Waals surface area (Å²) in [6, 6.07) is 10.2. The van der Waals surface area contributed by atoms with Crippen molar-refractivity contribution >= 4 is 27.7 Å². The molecule has 2 aromatic rings. The third-order valence-electron chi connectivity index (χ3n) is 6.72. The van der Waals surface area contributed by atoms with Crippen LogP contribution >= 0.6 is 15.9 Å². The fourth-order valence-corrected chi connectivity index (χ4v) is 5.37. The number of hydrogen-bond acceptors (Lipinski definition) is 7. The summed E-state index contributed by atoms with van der Waals surface area (Å²) in [7, 11) is 4.67. The Morgan fingerprint density at radius 2 is 1.76 bits per heavy atom. The lowest BCUT2D eigenvalue weighted by molar-refractivity contribution is -0.140. The number of halogens is 2. The van der Waals surface area contributed by atoms with Crippen LogP contribution in [0.3, 0.4) is 0 Å². The first-order valence-corrected chi connectivity index (χ1v) is 12.6. The largest absolute Gasteiger partial charge is 0.493 e. The van der Waals surface area contributed by atoms with Crippen LogP contribution in [0, 0.1) is 5.82 Å². The zero-order chi connectivity index (χ0) is 26.7. The summed E-state index contributed by atoms with van der Waals surface area (Å²) in [5, 5.41) is 3.31. The zero-order valence-electron chi connectivity index (χ0n) is 21.2. The second-order valence-corrected chi connectivity index (χ2v) is 9.79. The Balaban J connectivity index is 1.75. The number of hydrogen-bond donors (Lipinski definition) is 1. The molecule has 0 aromatic heterocycles. The van der Waals surface area contributed by atoms with Gasteiger partial charge in [-0.1, -0.05) is 12.1 Å². The van der Waals surface area contributed by atoms with Gasteiger partial charge < -0.3 is 24.3 Å². The Labute approximate surface area is 223 Å². The summed E-state index contributed by atoms with van der Waals surface area (Å²) < 4.78 is 35.6. The molecule has 1 aliphatic carbocycles. The Hall–Kier alpha value is -3.17. The Kier molecular flexibility index (Phi) is 8.34. The van der Waals surface area contributed by atoms with Crippen molar-refractivity contribution in [2.24, 2.45) is 0 Å². The Morgan fingerprint density at radius 3 is 2.43 bits per heavy atom. The number of nitrogens with one attached hydrogen (secondary N) is 1. The molecule has 9 heteroatoms.